The molecule has 3 rings (SSSR count). The van der Waals surface area contributed by atoms with Gasteiger partial charge in [-0.25, -0.2) is 0 Å². The van der Waals surface area contributed by atoms with Gasteiger partial charge in [0.2, 0.25) is 0 Å². The summed E-state index contributed by atoms with van der Waals surface area (Å²) < 4.78 is 35.9. The zero-order chi connectivity index (χ0) is 19.9. The van der Waals surface area contributed by atoms with Gasteiger partial charge in [-0.2, -0.15) is 13.9 Å². The van der Waals surface area contributed by atoms with Crippen LogP contribution in [0.5, 0.6) is 11.5 Å². The minimum atomic E-state index is -2.97. The van der Waals surface area contributed by atoms with Crippen molar-refractivity contribution in [1.82, 2.24) is 15.1 Å². The number of alkyl halides is 2. The summed E-state index contributed by atoms with van der Waals surface area (Å²) in [6, 6.07) is 13.7. The smallest absolute Gasteiger partial charge is 0.387 e. The van der Waals surface area contributed by atoms with Gasteiger partial charge < -0.3 is 14.8 Å². The molecule has 0 spiro atoms. The van der Waals surface area contributed by atoms with Crippen molar-refractivity contribution < 1.29 is 23.0 Å². The van der Waals surface area contributed by atoms with Crippen LogP contribution in [0.25, 0.3) is 0 Å². The van der Waals surface area contributed by atoms with Crippen LogP contribution in [0, 0.1) is 0 Å². The molecule has 0 bridgehead atoms. The Bertz CT molecular complexity index is 913. The van der Waals surface area contributed by atoms with E-state index < -0.39 is 6.61 Å². The molecule has 0 saturated carbocycles. The Morgan fingerprint density at radius 1 is 1.14 bits per heavy atom. The molecule has 0 fully saturated rings. The average molecular weight is 387 g/mol. The minimum Gasteiger partial charge on any atom is -0.493 e. The van der Waals surface area contributed by atoms with Crippen molar-refractivity contribution in [2.24, 2.45) is 0 Å². The standard InChI is InChI=1S/C20H19F2N3O3/c1-27-18-11-16(7-8-17(18)28-20(21)22)19(26)23-12-14-3-5-15(6-4-14)13-25-10-2-9-24-25/h2-11,20H,12-13H2,1H3,(H,23,26). The Hall–Kier alpha value is -3.42. The number of hydrogen-bond donors (Lipinski definition) is 1. The highest BCUT2D eigenvalue weighted by atomic mass is 19.3. The predicted molar refractivity (Wildman–Crippen MR) is 98.6 cm³/mol. The summed E-state index contributed by atoms with van der Waals surface area (Å²) in [5.74, 6) is -0.403. The topological polar surface area (TPSA) is 65.4 Å². The summed E-state index contributed by atoms with van der Waals surface area (Å²) in [4.78, 5) is 12.3. The number of rotatable bonds is 8. The third-order valence-corrected chi connectivity index (χ3v) is 4.02. The molecule has 146 valence electrons. The summed E-state index contributed by atoms with van der Waals surface area (Å²) in [5.41, 5.74) is 2.31. The molecule has 8 heteroatoms. The van der Waals surface area contributed by atoms with Crippen molar-refractivity contribution in [3.63, 3.8) is 0 Å². The van der Waals surface area contributed by atoms with E-state index >= 15 is 0 Å². The van der Waals surface area contributed by atoms with Crippen molar-refractivity contribution in [3.05, 3.63) is 77.6 Å². The first-order chi connectivity index (χ1) is 13.5. The van der Waals surface area contributed by atoms with E-state index in [1.165, 1.54) is 25.3 Å². The first kappa shape index (κ1) is 19.3. The van der Waals surface area contributed by atoms with Crippen LogP contribution in [0.4, 0.5) is 8.78 Å². The van der Waals surface area contributed by atoms with E-state index in [2.05, 4.69) is 15.2 Å². The number of carbonyl (C=O) groups excluding carboxylic acids is 1. The summed E-state index contributed by atoms with van der Waals surface area (Å²) in [6.45, 7) is -1.96. The maximum atomic E-state index is 12.4. The van der Waals surface area contributed by atoms with E-state index in [0.717, 1.165) is 11.1 Å². The molecule has 0 aliphatic carbocycles. The van der Waals surface area contributed by atoms with Crippen LogP contribution in [-0.2, 0) is 13.1 Å². The van der Waals surface area contributed by atoms with Gasteiger partial charge in [0.15, 0.2) is 11.5 Å². The number of hydrogen-bond acceptors (Lipinski definition) is 4. The second-order valence-electron chi connectivity index (χ2n) is 5.95. The molecule has 1 aromatic heterocycles. The molecule has 0 aliphatic heterocycles. The summed E-state index contributed by atoms with van der Waals surface area (Å²) in [6.07, 6.45) is 3.62. The summed E-state index contributed by atoms with van der Waals surface area (Å²) >= 11 is 0. The van der Waals surface area contributed by atoms with Crippen LogP contribution < -0.4 is 14.8 Å². The number of nitrogens with zero attached hydrogens (tertiary/aromatic N) is 2. The van der Waals surface area contributed by atoms with E-state index in [4.69, 9.17) is 4.74 Å². The first-order valence-electron chi connectivity index (χ1n) is 8.51. The monoisotopic (exact) mass is 387 g/mol. The Morgan fingerprint density at radius 2 is 1.89 bits per heavy atom. The van der Waals surface area contributed by atoms with Crippen LogP contribution in [0.3, 0.4) is 0 Å². The van der Waals surface area contributed by atoms with Crippen molar-refractivity contribution in [1.29, 1.82) is 0 Å². The Kier molecular flexibility index (Phi) is 6.21. The number of aromatic nitrogens is 2. The van der Waals surface area contributed by atoms with Gasteiger partial charge in [0, 0.05) is 24.5 Å². The molecule has 1 heterocycles. The zero-order valence-electron chi connectivity index (χ0n) is 15.1. The maximum absolute atomic E-state index is 12.4. The number of ether oxygens (including phenoxy) is 2. The summed E-state index contributed by atoms with van der Waals surface area (Å²) in [7, 11) is 1.32. The normalized spacial score (nSPS) is 10.7. The molecule has 3 aromatic rings. The zero-order valence-corrected chi connectivity index (χ0v) is 15.1. The number of methoxy groups -OCH3 is 1. The van der Waals surface area contributed by atoms with Gasteiger partial charge in [0.1, 0.15) is 0 Å². The van der Waals surface area contributed by atoms with E-state index in [1.807, 2.05) is 41.2 Å². The molecule has 6 nitrogen and oxygen atoms in total. The van der Waals surface area contributed by atoms with Gasteiger partial charge in [-0.05, 0) is 35.4 Å². The maximum Gasteiger partial charge on any atom is 0.387 e. The number of halogens is 2. The van der Waals surface area contributed by atoms with Gasteiger partial charge in [0.25, 0.3) is 5.91 Å². The highest BCUT2D eigenvalue weighted by Gasteiger charge is 2.14. The largest absolute Gasteiger partial charge is 0.493 e. The fourth-order valence-corrected chi connectivity index (χ4v) is 2.63. The molecular formula is C20H19F2N3O3. The first-order valence-corrected chi connectivity index (χ1v) is 8.51. The lowest BCUT2D eigenvalue weighted by atomic mass is 10.1. The Balaban J connectivity index is 1.59. The molecule has 28 heavy (non-hydrogen) atoms. The van der Waals surface area contributed by atoms with E-state index in [1.54, 1.807) is 6.20 Å². The van der Waals surface area contributed by atoms with Crippen molar-refractivity contribution in [2.45, 2.75) is 19.7 Å². The van der Waals surface area contributed by atoms with Crippen LogP contribution >= 0.6 is 0 Å². The lowest BCUT2D eigenvalue weighted by molar-refractivity contribution is -0.0512. The molecular weight excluding hydrogens is 368 g/mol. The quantitative estimate of drug-likeness (QED) is 0.643. The molecule has 1 N–H and O–H groups in total. The second-order valence-corrected chi connectivity index (χ2v) is 5.95. The van der Waals surface area contributed by atoms with Gasteiger partial charge >= 0.3 is 6.61 Å². The van der Waals surface area contributed by atoms with Gasteiger partial charge in [0.05, 0.1) is 13.7 Å². The van der Waals surface area contributed by atoms with Crippen molar-refractivity contribution in [2.75, 3.05) is 7.11 Å². The van der Waals surface area contributed by atoms with Crippen LogP contribution in [0.15, 0.2) is 60.9 Å². The predicted octanol–water partition coefficient (Wildman–Crippen LogP) is 3.47. The molecule has 0 aliphatic rings. The lowest BCUT2D eigenvalue weighted by Gasteiger charge is -2.12. The highest BCUT2D eigenvalue weighted by molar-refractivity contribution is 5.94. The molecule has 0 saturated heterocycles. The average Bonchev–Trinajstić information content (AvgIpc) is 3.20. The van der Waals surface area contributed by atoms with E-state index in [9.17, 15) is 13.6 Å². The summed E-state index contributed by atoms with van der Waals surface area (Å²) in [5, 5.41) is 6.95. The third kappa shape index (κ3) is 5.06. The Labute approximate surface area is 160 Å². The molecule has 0 atom stereocenters. The SMILES string of the molecule is COc1cc(C(=O)NCc2ccc(Cn3cccn3)cc2)ccc1OC(F)F. The number of carbonyl (C=O) groups is 1. The fourth-order valence-electron chi connectivity index (χ4n) is 2.63. The molecule has 0 radical (unpaired) electrons. The van der Waals surface area contributed by atoms with E-state index in [0.29, 0.717) is 13.1 Å². The number of nitrogens with one attached hydrogen (secondary N) is 1. The number of amides is 1. The molecule has 1 amide bonds. The minimum absolute atomic E-state index is 0.0657. The van der Waals surface area contributed by atoms with Crippen molar-refractivity contribution in [3.8, 4) is 11.5 Å². The highest BCUT2D eigenvalue weighted by Crippen LogP contribution is 2.29. The number of benzene rings is 2. The van der Waals surface area contributed by atoms with Gasteiger partial charge in [-0.15, -0.1) is 0 Å². The van der Waals surface area contributed by atoms with E-state index in [-0.39, 0.29) is 23.0 Å². The molecule has 2 aromatic carbocycles. The lowest BCUT2D eigenvalue weighted by Crippen LogP contribution is -2.22. The van der Waals surface area contributed by atoms with Crippen LogP contribution in [0.2, 0.25) is 0 Å². The molecule has 0 unspecified atom stereocenters. The second kappa shape index (κ2) is 8.98. The van der Waals surface area contributed by atoms with Crippen LogP contribution in [-0.4, -0.2) is 29.4 Å². The van der Waals surface area contributed by atoms with Gasteiger partial charge in [-0.3, -0.25) is 9.48 Å². The van der Waals surface area contributed by atoms with Crippen LogP contribution in [0.1, 0.15) is 21.5 Å². The van der Waals surface area contributed by atoms with Gasteiger partial charge in [-0.1, -0.05) is 24.3 Å². The third-order valence-electron chi connectivity index (χ3n) is 4.02. The fraction of sp³-hybridized carbons (Fsp3) is 0.200. The Morgan fingerprint density at radius 3 is 2.54 bits per heavy atom. The van der Waals surface area contributed by atoms with Crippen molar-refractivity contribution >= 4 is 5.91 Å².